The van der Waals surface area contributed by atoms with E-state index >= 15 is 0 Å². The van der Waals surface area contributed by atoms with Gasteiger partial charge in [-0.15, -0.1) is 0 Å². The van der Waals surface area contributed by atoms with Crippen molar-refractivity contribution in [2.45, 2.75) is 49.6 Å². The fourth-order valence-corrected chi connectivity index (χ4v) is 4.69. The predicted molar refractivity (Wildman–Crippen MR) is 122 cm³/mol. The Kier molecular flexibility index (Phi) is 13.2. The van der Waals surface area contributed by atoms with Crippen LogP contribution in [0.15, 0.2) is 60.7 Å². The topological polar surface area (TPSA) is 59.1 Å². The van der Waals surface area contributed by atoms with Crippen LogP contribution in [-0.2, 0) is 0 Å². The van der Waals surface area contributed by atoms with Crippen molar-refractivity contribution in [3.63, 3.8) is 0 Å². The number of nitriles is 1. The molecule has 2 fully saturated rings. The molecule has 2 heterocycles. The van der Waals surface area contributed by atoms with Gasteiger partial charge in [-0.3, -0.25) is 4.90 Å². The summed E-state index contributed by atoms with van der Waals surface area (Å²) in [7, 11) is 0. The number of likely N-dealkylation sites (tertiary alicyclic amines) is 2. The number of nitrogens with one attached hydrogen (secondary N) is 1. The number of halogens is 6. The molecule has 0 bridgehead atoms. The van der Waals surface area contributed by atoms with E-state index in [4.69, 9.17) is 0 Å². The summed E-state index contributed by atoms with van der Waals surface area (Å²) in [5.41, 5.74) is 6.05. The quantitative estimate of drug-likeness (QED) is 0.399. The van der Waals surface area contributed by atoms with Crippen LogP contribution >= 0.6 is 0 Å². The van der Waals surface area contributed by atoms with Crippen LogP contribution in [0.1, 0.15) is 48.9 Å². The van der Waals surface area contributed by atoms with Gasteiger partial charge in [0.1, 0.15) is 12.6 Å². The van der Waals surface area contributed by atoms with Crippen LogP contribution in [0.25, 0.3) is 0 Å². The molecule has 2 aromatic carbocycles. The first kappa shape index (κ1) is 32.1. The zero-order valence-electron chi connectivity index (χ0n) is 20.2. The number of hydrogen-bond acceptors (Lipinski definition) is 2. The van der Waals surface area contributed by atoms with Crippen LogP contribution in [0, 0.1) is 11.3 Å². The van der Waals surface area contributed by atoms with Gasteiger partial charge < -0.3 is 35.4 Å². The molecule has 4 N–H and O–H groups in total. The van der Waals surface area contributed by atoms with Crippen molar-refractivity contribution in [3.8, 4) is 6.07 Å². The number of nitrogens with zero attached hydrogens (tertiary/aromatic N) is 2. The number of rotatable bonds is 5. The van der Waals surface area contributed by atoms with E-state index in [9.17, 15) is 22.8 Å². The molecule has 0 amide bonds. The van der Waals surface area contributed by atoms with Gasteiger partial charge in [0.05, 0.1) is 32.0 Å². The van der Waals surface area contributed by atoms with E-state index in [0.29, 0.717) is 13.1 Å². The number of quaternary nitrogens is 2. The third-order valence-corrected chi connectivity index (χ3v) is 6.74. The van der Waals surface area contributed by atoms with Crippen LogP contribution in [-0.4, -0.2) is 49.5 Å². The zero-order valence-corrected chi connectivity index (χ0v) is 21.7. The third-order valence-electron chi connectivity index (χ3n) is 6.74. The van der Waals surface area contributed by atoms with Gasteiger partial charge in [0.15, 0.2) is 6.04 Å². The summed E-state index contributed by atoms with van der Waals surface area (Å²) in [6.07, 6.45) is -0.298. The molecular weight excluding hydrogens is 515 g/mol. The Hall–Kier alpha value is -1.89. The molecule has 2 saturated heterocycles. The minimum Gasteiger partial charge on any atom is -1.00 e. The predicted octanol–water partition coefficient (Wildman–Crippen LogP) is -2.73. The van der Waals surface area contributed by atoms with Gasteiger partial charge in [-0.25, -0.2) is 17.6 Å². The molecule has 2 aromatic rings. The fourth-order valence-electron chi connectivity index (χ4n) is 4.69. The van der Waals surface area contributed by atoms with Gasteiger partial charge in [0, 0.05) is 31.5 Å². The summed E-state index contributed by atoms with van der Waals surface area (Å²) in [6.45, 7) is 2.40. The first-order valence-corrected chi connectivity index (χ1v) is 11.9. The Morgan fingerprint density at radius 1 is 0.806 bits per heavy atom. The Labute approximate surface area is 223 Å². The summed E-state index contributed by atoms with van der Waals surface area (Å²) in [4.78, 5) is 3.07. The van der Waals surface area contributed by atoms with Crippen LogP contribution in [0.3, 0.4) is 0 Å². The van der Waals surface area contributed by atoms with Crippen molar-refractivity contribution in [1.82, 2.24) is 4.90 Å². The van der Waals surface area contributed by atoms with Gasteiger partial charge in [0.25, 0.3) is 11.8 Å². The lowest BCUT2D eigenvalue weighted by atomic mass is 10.00. The largest absolute Gasteiger partial charge is 1.00 e. The Morgan fingerprint density at radius 2 is 1.25 bits per heavy atom. The van der Waals surface area contributed by atoms with Gasteiger partial charge in [-0.2, -0.15) is 5.26 Å². The van der Waals surface area contributed by atoms with Crippen molar-refractivity contribution >= 4 is 0 Å². The summed E-state index contributed by atoms with van der Waals surface area (Å²) < 4.78 is 52.3. The Morgan fingerprint density at radius 3 is 1.69 bits per heavy atom. The number of hydrogen-bond donors (Lipinski definition) is 2. The van der Waals surface area contributed by atoms with E-state index in [0.717, 1.165) is 12.1 Å². The molecular formula is C26H34Cl2F4N4. The lowest BCUT2D eigenvalue weighted by molar-refractivity contribution is -0.944. The summed E-state index contributed by atoms with van der Waals surface area (Å²) in [6, 6.07) is 21.5. The summed E-state index contributed by atoms with van der Waals surface area (Å²) in [5, 5.41) is 9.18. The molecule has 2 aliphatic rings. The van der Waals surface area contributed by atoms with Crippen molar-refractivity contribution in [2.24, 2.45) is 0 Å². The monoisotopic (exact) mass is 548 g/mol. The second-order valence-electron chi connectivity index (χ2n) is 9.10. The highest BCUT2D eigenvalue weighted by atomic mass is 35.5. The zero-order chi connectivity index (χ0) is 24.6. The first-order valence-electron chi connectivity index (χ1n) is 11.9. The highest BCUT2D eigenvalue weighted by Gasteiger charge is 2.39. The highest BCUT2D eigenvalue weighted by Crippen LogP contribution is 2.32. The molecule has 0 aromatic heterocycles. The van der Waals surface area contributed by atoms with Crippen LogP contribution in [0.2, 0.25) is 0 Å². The molecule has 0 aliphatic carbocycles. The summed E-state index contributed by atoms with van der Waals surface area (Å²) in [5.74, 6) is -5.01. The van der Waals surface area contributed by atoms with Crippen LogP contribution < -0.4 is 35.4 Å². The molecule has 0 spiro atoms. The number of benzene rings is 2. The fraction of sp³-hybridized carbons (Fsp3) is 0.500. The SMILES string of the molecule is N#CC(c1ccccc1)N1CCC(F)(F)CC1.[Cl-].[Cl-].[NH3+]CC(c1ccccc1)[NH+]1CCC(F)(F)CC1. The molecule has 0 radical (unpaired) electrons. The lowest BCUT2D eigenvalue weighted by Gasteiger charge is -2.34. The molecule has 10 heteroatoms. The average molecular weight is 549 g/mol. The van der Waals surface area contributed by atoms with Gasteiger partial charge in [-0.05, 0) is 5.56 Å². The van der Waals surface area contributed by atoms with E-state index in [1.807, 2.05) is 53.4 Å². The van der Waals surface area contributed by atoms with Gasteiger partial charge in [-0.1, -0.05) is 60.7 Å². The molecule has 2 unspecified atom stereocenters. The van der Waals surface area contributed by atoms with E-state index in [1.165, 1.54) is 10.5 Å². The minimum absolute atomic E-state index is 0. The second-order valence-corrected chi connectivity index (χ2v) is 9.10. The molecule has 4 rings (SSSR count). The van der Waals surface area contributed by atoms with Gasteiger partial charge in [0.2, 0.25) is 0 Å². The van der Waals surface area contributed by atoms with Crippen molar-refractivity contribution < 1.29 is 53.0 Å². The smallest absolute Gasteiger partial charge is 0.258 e. The maximum absolute atomic E-state index is 13.1. The normalized spacial score (nSPS) is 20.8. The van der Waals surface area contributed by atoms with E-state index in [-0.39, 0.29) is 69.6 Å². The third kappa shape index (κ3) is 9.20. The van der Waals surface area contributed by atoms with E-state index in [1.54, 1.807) is 0 Å². The van der Waals surface area contributed by atoms with Crippen molar-refractivity contribution in [1.29, 1.82) is 5.26 Å². The van der Waals surface area contributed by atoms with E-state index < -0.39 is 17.9 Å². The van der Waals surface area contributed by atoms with Crippen LogP contribution in [0.4, 0.5) is 17.6 Å². The number of piperidine rings is 2. The second kappa shape index (κ2) is 14.7. The first-order chi connectivity index (χ1) is 16.2. The van der Waals surface area contributed by atoms with Crippen LogP contribution in [0.5, 0.6) is 0 Å². The van der Waals surface area contributed by atoms with E-state index in [2.05, 4.69) is 23.9 Å². The Balaban J connectivity index is 0.000000341. The molecule has 200 valence electrons. The Bertz CT molecular complexity index is 909. The molecule has 2 aliphatic heterocycles. The average Bonchev–Trinajstić information content (AvgIpc) is 2.84. The molecule has 36 heavy (non-hydrogen) atoms. The van der Waals surface area contributed by atoms with Gasteiger partial charge >= 0.3 is 0 Å². The minimum atomic E-state index is -2.56. The number of alkyl halides is 4. The standard InChI is InChI=1S/C13H18F2N2.C13H14F2N2.2ClH/c2*14-13(15)6-8-17(9-7-13)12(10-16)11-4-2-1-3-5-11;;/h1-5,12H,6-10,16H2;1-5,12H,6-9H2;2*1H. The molecule has 4 nitrogen and oxygen atoms in total. The highest BCUT2D eigenvalue weighted by molar-refractivity contribution is 5.24. The maximum atomic E-state index is 13.1. The maximum Gasteiger partial charge on any atom is 0.258 e. The lowest BCUT2D eigenvalue weighted by Crippen LogP contribution is -3.15. The molecule has 0 saturated carbocycles. The molecule has 2 atom stereocenters. The van der Waals surface area contributed by atoms with Crippen molar-refractivity contribution in [3.05, 3.63) is 71.8 Å². The van der Waals surface area contributed by atoms with Crippen molar-refractivity contribution in [2.75, 3.05) is 32.7 Å². The summed E-state index contributed by atoms with van der Waals surface area (Å²) >= 11 is 0.